The summed E-state index contributed by atoms with van der Waals surface area (Å²) in [6.45, 7) is 10.4. The molecule has 1 atom stereocenters. The van der Waals surface area contributed by atoms with Crippen molar-refractivity contribution in [3.05, 3.63) is 0 Å². The molecule has 0 rings (SSSR count). The molecule has 0 radical (unpaired) electrons. The second kappa shape index (κ2) is 10.4. The molecule has 0 heterocycles. The Morgan fingerprint density at radius 1 is 1.27 bits per heavy atom. The first-order valence-corrected chi connectivity index (χ1v) is 5.56. The van der Waals surface area contributed by atoms with Gasteiger partial charge in [0.15, 0.2) is 5.79 Å². The van der Waals surface area contributed by atoms with Crippen LogP contribution in [0.5, 0.6) is 0 Å². The molecule has 1 unspecified atom stereocenters. The highest BCUT2D eigenvalue weighted by Crippen LogP contribution is 2.15. The van der Waals surface area contributed by atoms with Gasteiger partial charge in [-0.3, -0.25) is 0 Å². The van der Waals surface area contributed by atoms with Crippen LogP contribution in [0.2, 0.25) is 0 Å². The van der Waals surface area contributed by atoms with Crippen LogP contribution in [0.15, 0.2) is 0 Å². The maximum Gasteiger partial charge on any atom is 0.162 e. The van der Waals surface area contributed by atoms with Crippen LogP contribution in [0.1, 0.15) is 47.5 Å². The lowest BCUT2D eigenvalue weighted by Crippen LogP contribution is -2.31. The van der Waals surface area contributed by atoms with Gasteiger partial charge in [-0.2, -0.15) is 0 Å². The summed E-state index contributed by atoms with van der Waals surface area (Å²) in [5.74, 6) is 4.39. The largest absolute Gasteiger partial charge is 0.354 e. The first kappa shape index (κ1) is 17.2. The minimum Gasteiger partial charge on any atom is -0.354 e. The van der Waals surface area contributed by atoms with Gasteiger partial charge in [0, 0.05) is 7.11 Å². The van der Waals surface area contributed by atoms with Gasteiger partial charge in [-0.15, -0.1) is 0 Å². The molecule has 4 nitrogen and oxygen atoms in total. The third kappa shape index (κ3) is 11.8. The highest BCUT2D eigenvalue weighted by atomic mass is 16.7. The van der Waals surface area contributed by atoms with E-state index in [2.05, 4.69) is 4.84 Å². The average molecular weight is 221 g/mol. The number of rotatable bonds is 7. The second-order valence-electron chi connectivity index (χ2n) is 3.55. The summed E-state index contributed by atoms with van der Waals surface area (Å²) < 4.78 is 10.8. The van der Waals surface area contributed by atoms with Crippen LogP contribution >= 0.6 is 0 Å². The number of nitrogens with two attached hydrogens (primary N) is 1. The van der Waals surface area contributed by atoms with E-state index in [1.54, 1.807) is 7.11 Å². The van der Waals surface area contributed by atoms with E-state index in [4.69, 9.17) is 15.4 Å². The van der Waals surface area contributed by atoms with Crippen LogP contribution in [-0.4, -0.2) is 25.6 Å². The van der Waals surface area contributed by atoms with Crippen molar-refractivity contribution >= 4 is 0 Å². The quantitative estimate of drug-likeness (QED) is 0.407. The van der Waals surface area contributed by atoms with Crippen molar-refractivity contribution in [1.29, 1.82) is 0 Å². The molecule has 0 aliphatic rings. The van der Waals surface area contributed by atoms with Gasteiger partial charge < -0.3 is 14.3 Å². The Bertz CT molecular complexity index is 129. The fraction of sp³-hybridized carbons (Fsp3) is 1.00. The van der Waals surface area contributed by atoms with Crippen molar-refractivity contribution < 1.29 is 14.3 Å². The summed E-state index contributed by atoms with van der Waals surface area (Å²) in [5, 5.41) is 0. The normalized spacial score (nSPS) is 13.0. The Balaban J connectivity index is 0. The molecule has 0 aromatic carbocycles. The van der Waals surface area contributed by atoms with Crippen molar-refractivity contribution in [2.75, 3.05) is 13.7 Å². The third-order valence-electron chi connectivity index (χ3n) is 1.85. The molecule has 0 aromatic rings. The Hall–Kier alpha value is -0.160. The van der Waals surface area contributed by atoms with Gasteiger partial charge in [-0.1, -0.05) is 13.8 Å². The molecule has 0 aliphatic carbocycles. The summed E-state index contributed by atoms with van der Waals surface area (Å²) >= 11 is 0. The van der Waals surface area contributed by atoms with Crippen LogP contribution in [0, 0.1) is 0 Å². The fourth-order valence-corrected chi connectivity index (χ4v) is 1.05. The maximum atomic E-state index is 5.61. The van der Waals surface area contributed by atoms with Crippen molar-refractivity contribution in [3.63, 3.8) is 0 Å². The molecule has 0 aliphatic heterocycles. The number of methoxy groups -OCH3 is 1. The van der Waals surface area contributed by atoms with Crippen molar-refractivity contribution in [1.82, 2.24) is 0 Å². The Labute approximate surface area is 94.0 Å². The topological polar surface area (TPSA) is 53.7 Å². The lowest BCUT2D eigenvalue weighted by molar-refractivity contribution is -0.221. The van der Waals surface area contributed by atoms with E-state index in [1.165, 1.54) is 0 Å². The van der Waals surface area contributed by atoms with Crippen LogP contribution in [0.3, 0.4) is 0 Å². The van der Waals surface area contributed by atoms with Gasteiger partial charge in [0.2, 0.25) is 0 Å². The highest BCUT2D eigenvalue weighted by molar-refractivity contribution is 4.58. The summed E-state index contributed by atoms with van der Waals surface area (Å²) in [7, 11) is 1.63. The van der Waals surface area contributed by atoms with Gasteiger partial charge >= 0.3 is 0 Å². The predicted molar refractivity (Wildman–Crippen MR) is 62.4 cm³/mol. The molecule has 4 heteroatoms. The van der Waals surface area contributed by atoms with E-state index in [0.717, 1.165) is 12.8 Å². The Kier molecular flexibility index (Phi) is 11.9. The fourth-order valence-electron chi connectivity index (χ4n) is 1.05. The van der Waals surface area contributed by atoms with E-state index < -0.39 is 5.79 Å². The Morgan fingerprint density at radius 2 is 1.80 bits per heavy atom. The lowest BCUT2D eigenvalue weighted by Gasteiger charge is -2.27. The van der Waals surface area contributed by atoms with E-state index in [9.17, 15) is 0 Å². The molecule has 2 N–H and O–H groups in total. The summed E-state index contributed by atoms with van der Waals surface area (Å²) in [5.41, 5.74) is 0. The molecule has 15 heavy (non-hydrogen) atoms. The zero-order valence-electron chi connectivity index (χ0n) is 11.0. The molecule has 0 spiro atoms. The zero-order valence-corrected chi connectivity index (χ0v) is 11.0. The van der Waals surface area contributed by atoms with Gasteiger partial charge in [-0.25, -0.2) is 5.90 Å². The zero-order chi connectivity index (χ0) is 12.3. The summed E-state index contributed by atoms with van der Waals surface area (Å²) in [6.07, 6.45) is 1.98. The number of hydrogen-bond donors (Lipinski definition) is 1. The van der Waals surface area contributed by atoms with Crippen molar-refractivity contribution in [2.24, 2.45) is 5.90 Å². The average Bonchev–Trinajstić information content (AvgIpc) is 2.21. The number of hydrogen-bond acceptors (Lipinski definition) is 4. The SMILES string of the molecule is CC.COC(C)(C)OC(C)CCCON. The highest BCUT2D eigenvalue weighted by Gasteiger charge is 2.19. The van der Waals surface area contributed by atoms with Crippen LogP contribution in [0.25, 0.3) is 0 Å². The van der Waals surface area contributed by atoms with Gasteiger partial charge in [-0.05, 0) is 33.6 Å². The standard InChI is InChI=1S/C9H21NO3.C2H6/c1-8(6-5-7-12-10)13-9(2,3)11-4;1-2/h8H,5-7,10H2,1-4H3;1-2H3. The van der Waals surface area contributed by atoms with Crippen LogP contribution < -0.4 is 5.90 Å². The van der Waals surface area contributed by atoms with Crippen molar-refractivity contribution in [3.8, 4) is 0 Å². The lowest BCUT2D eigenvalue weighted by atomic mass is 10.2. The van der Waals surface area contributed by atoms with Gasteiger partial charge in [0.25, 0.3) is 0 Å². The smallest absolute Gasteiger partial charge is 0.162 e. The van der Waals surface area contributed by atoms with E-state index in [-0.39, 0.29) is 6.10 Å². The van der Waals surface area contributed by atoms with Crippen LogP contribution in [0.4, 0.5) is 0 Å². The summed E-state index contributed by atoms with van der Waals surface area (Å²) in [6, 6.07) is 0. The van der Waals surface area contributed by atoms with E-state index in [1.807, 2.05) is 34.6 Å². The van der Waals surface area contributed by atoms with E-state index >= 15 is 0 Å². The minimum atomic E-state index is -0.511. The predicted octanol–water partition coefficient (Wildman–Crippen LogP) is 2.47. The van der Waals surface area contributed by atoms with Crippen molar-refractivity contribution in [2.45, 2.75) is 59.4 Å². The molecule has 0 amide bonds. The first-order chi connectivity index (χ1) is 7.02. The molecule has 94 valence electrons. The minimum absolute atomic E-state index is 0.157. The first-order valence-electron chi connectivity index (χ1n) is 5.56. The molecule has 0 saturated heterocycles. The third-order valence-corrected chi connectivity index (χ3v) is 1.85. The Morgan fingerprint density at radius 3 is 2.20 bits per heavy atom. The molecule has 0 saturated carbocycles. The van der Waals surface area contributed by atoms with Crippen LogP contribution in [-0.2, 0) is 14.3 Å². The molecule has 0 fully saturated rings. The van der Waals surface area contributed by atoms with Gasteiger partial charge in [0.05, 0.1) is 12.7 Å². The second-order valence-corrected chi connectivity index (χ2v) is 3.55. The molecule has 0 bridgehead atoms. The summed E-state index contributed by atoms with van der Waals surface area (Å²) in [4.78, 5) is 4.46. The van der Waals surface area contributed by atoms with E-state index in [0.29, 0.717) is 6.61 Å². The van der Waals surface area contributed by atoms with Gasteiger partial charge in [0.1, 0.15) is 0 Å². The maximum absolute atomic E-state index is 5.61. The molecule has 0 aromatic heterocycles. The molecular weight excluding hydrogens is 194 g/mol. The molecular formula is C11H27NO3. The monoisotopic (exact) mass is 221 g/mol. The number of ether oxygens (including phenoxy) is 2.